The maximum absolute atomic E-state index is 13.1. The van der Waals surface area contributed by atoms with E-state index in [1.54, 1.807) is 0 Å². The second kappa shape index (κ2) is 10.1. The summed E-state index contributed by atoms with van der Waals surface area (Å²) in [7, 11) is 1.44. The Morgan fingerprint density at radius 2 is 1.66 bits per heavy atom. The van der Waals surface area contributed by atoms with E-state index in [0.717, 1.165) is 21.7 Å². The Morgan fingerprint density at radius 3 is 2.25 bits per heavy atom. The fraction of sp³-hybridized carbons (Fsp3) is 0.292. The van der Waals surface area contributed by atoms with Crippen LogP contribution >= 0.6 is 0 Å². The summed E-state index contributed by atoms with van der Waals surface area (Å²) in [6, 6.07) is 16.8. The third kappa shape index (κ3) is 5.15. The lowest BCUT2D eigenvalue weighted by Crippen LogP contribution is -2.56. The van der Waals surface area contributed by atoms with Crippen LogP contribution in [0.1, 0.15) is 25.0 Å². The van der Waals surface area contributed by atoms with Gasteiger partial charge in [-0.05, 0) is 29.2 Å². The number of urea groups is 1. The van der Waals surface area contributed by atoms with Crippen molar-refractivity contribution in [2.24, 2.45) is 11.7 Å². The molecule has 0 saturated carbocycles. The van der Waals surface area contributed by atoms with Crippen molar-refractivity contribution in [3.05, 3.63) is 77.1 Å². The van der Waals surface area contributed by atoms with Gasteiger partial charge in [0, 0.05) is 32.4 Å². The predicted molar refractivity (Wildman–Crippen MR) is 126 cm³/mol. The number of imide groups is 1. The van der Waals surface area contributed by atoms with E-state index in [4.69, 9.17) is 11.1 Å². The van der Waals surface area contributed by atoms with Crippen LogP contribution in [-0.4, -0.2) is 41.2 Å². The maximum atomic E-state index is 13.1. The number of hydrogen-bond acceptors (Lipinski definition) is 6. The van der Waals surface area contributed by atoms with Gasteiger partial charge in [0.25, 0.3) is 5.91 Å². The Bertz CT molecular complexity index is 1010. The van der Waals surface area contributed by atoms with E-state index in [-0.39, 0.29) is 17.3 Å². The van der Waals surface area contributed by atoms with E-state index in [1.165, 1.54) is 11.9 Å². The molecule has 0 atom stereocenters. The SMILES string of the molecule is CC(C)CN1C(=N)/C(=C(\NCc2ccc(CN)cc2)Nc2ccccc2)C(=O)N(C)C1=O. The predicted octanol–water partition coefficient (Wildman–Crippen LogP) is 3.09. The average molecular weight is 435 g/mol. The number of para-hydroxylation sites is 1. The van der Waals surface area contributed by atoms with Crippen molar-refractivity contribution >= 4 is 23.5 Å². The molecular weight excluding hydrogens is 404 g/mol. The van der Waals surface area contributed by atoms with E-state index in [1.807, 2.05) is 68.4 Å². The van der Waals surface area contributed by atoms with Gasteiger partial charge < -0.3 is 16.4 Å². The number of nitrogens with two attached hydrogens (primary N) is 1. The monoisotopic (exact) mass is 434 g/mol. The average Bonchev–Trinajstić information content (AvgIpc) is 2.79. The van der Waals surface area contributed by atoms with Crippen LogP contribution in [0.3, 0.4) is 0 Å². The van der Waals surface area contributed by atoms with Gasteiger partial charge in [-0.15, -0.1) is 0 Å². The van der Waals surface area contributed by atoms with E-state index in [9.17, 15) is 9.59 Å². The summed E-state index contributed by atoms with van der Waals surface area (Å²) >= 11 is 0. The molecule has 3 rings (SSSR count). The molecule has 1 fully saturated rings. The molecule has 5 N–H and O–H groups in total. The number of nitrogens with zero attached hydrogens (tertiary/aromatic N) is 2. The summed E-state index contributed by atoms with van der Waals surface area (Å²) in [5.41, 5.74) is 8.58. The minimum atomic E-state index is -0.524. The third-order valence-corrected chi connectivity index (χ3v) is 5.11. The summed E-state index contributed by atoms with van der Waals surface area (Å²) in [6.07, 6.45) is 0. The summed E-state index contributed by atoms with van der Waals surface area (Å²) in [6.45, 7) is 5.17. The highest BCUT2D eigenvalue weighted by atomic mass is 16.2. The molecule has 3 amide bonds. The number of anilines is 1. The quantitative estimate of drug-likeness (QED) is 0.477. The van der Waals surface area contributed by atoms with Gasteiger partial charge in [-0.2, -0.15) is 0 Å². The second-order valence-electron chi connectivity index (χ2n) is 8.12. The Hall–Kier alpha value is -3.65. The number of nitrogens with one attached hydrogen (secondary N) is 3. The number of benzene rings is 2. The summed E-state index contributed by atoms with van der Waals surface area (Å²) in [5.74, 6) is -0.121. The summed E-state index contributed by atoms with van der Waals surface area (Å²) in [5, 5.41) is 15.2. The third-order valence-electron chi connectivity index (χ3n) is 5.11. The zero-order valence-corrected chi connectivity index (χ0v) is 18.7. The molecule has 0 aliphatic carbocycles. The first kappa shape index (κ1) is 23.0. The molecule has 8 nitrogen and oxygen atoms in total. The number of amidine groups is 1. The molecule has 2 aromatic carbocycles. The Labute approximate surface area is 188 Å². The number of likely N-dealkylation sites (N-methyl/N-ethyl adjacent to an activating group) is 1. The van der Waals surface area contributed by atoms with Crippen molar-refractivity contribution in [3.8, 4) is 0 Å². The minimum absolute atomic E-state index is 0.115. The number of carbonyl (C=O) groups excluding carboxylic acids is 2. The zero-order valence-electron chi connectivity index (χ0n) is 18.7. The zero-order chi connectivity index (χ0) is 23.3. The molecular formula is C24H30N6O2. The van der Waals surface area contributed by atoms with Gasteiger partial charge in [-0.3, -0.25) is 20.0 Å². The smallest absolute Gasteiger partial charge is 0.332 e. The van der Waals surface area contributed by atoms with Crippen molar-refractivity contribution in [3.63, 3.8) is 0 Å². The molecule has 0 radical (unpaired) electrons. The van der Waals surface area contributed by atoms with Crippen LogP contribution in [0, 0.1) is 11.3 Å². The molecule has 1 saturated heterocycles. The highest BCUT2D eigenvalue weighted by molar-refractivity contribution is 6.30. The number of amides is 3. The Balaban J connectivity index is 1.98. The van der Waals surface area contributed by atoms with Crippen molar-refractivity contribution in [1.82, 2.24) is 15.1 Å². The fourth-order valence-corrected chi connectivity index (χ4v) is 3.37. The molecule has 32 heavy (non-hydrogen) atoms. The second-order valence-corrected chi connectivity index (χ2v) is 8.12. The lowest BCUT2D eigenvalue weighted by molar-refractivity contribution is -0.123. The lowest BCUT2D eigenvalue weighted by atomic mass is 10.1. The van der Waals surface area contributed by atoms with Crippen LogP contribution in [-0.2, 0) is 17.9 Å². The van der Waals surface area contributed by atoms with Gasteiger partial charge >= 0.3 is 6.03 Å². The fourth-order valence-electron chi connectivity index (χ4n) is 3.37. The first-order chi connectivity index (χ1) is 15.3. The minimum Gasteiger partial charge on any atom is -0.367 e. The van der Waals surface area contributed by atoms with Crippen molar-refractivity contribution in [2.75, 3.05) is 18.9 Å². The molecule has 2 aromatic rings. The van der Waals surface area contributed by atoms with Gasteiger partial charge in [0.15, 0.2) is 0 Å². The van der Waals surface area contributed by atoms with E-state index < -0.39 is 11.9 Å². The molecule has 0 bridgehead atoms. The number of hydrogen-bond donors (Lipinski definition) is 4. The van der Waals surface area contributed by atoms with Crippen LogP contribution in [0.5, 0.6) is 0 Å². The van der Waals surface area contributed by atoms with E-state index >= 15 is 0 Å². The van der Waals surface area contributed by atoms with Crippen LogP contribution in [0.25, 0.3) is 0 Å². The Morgan fingerprint density at radius 1 is 1.03 bits per heavy atom. The number of rotatable bonds is 8. The normalized spacial score (nSPS) is 16.0. The van der Waals surface area contributed by atoms with Gasteiger partial charge in [0.2, 0.25) is 0 Å². The molecule has 8 heteroatoms. The van der Waals surface area contributed by atoms with Gasteiger partial charge in [-0.1, -0.05) is 56.3 Å². The lowest BCUT2D eigenvalue weighted by Gasteiger charge is -2.35. The van der Waals surface area contributed by atoms with Crippen LogP contribution < -0.4 is 16.4 Å². The standard InChI is InChI=1S/C24H30N6O2/c1-16(2)15-30-21(26)20(23(31)29(3)24(30)32)22(28-19-7-5-4-6-8-19)27-14-18-11-9-17(13-25)10-12-18/h4-12,16,26-28H,13-15,25H2,1-3H3/b22-20-,26-21?. The van der Waals surface area contributed by atoms with Gasteiger partial charge in [-0.25, -0.2) is 4.79 Å². The van der Waals surface area contributed by atoms with E-state index in [0.29, 0.717) is 25.5 Å². The Kier molecular flexibility index (Phi) is 7.27. The van der Waals surface area contributed by atoms with Crippen molar-refractivity contribution in [2.45, 2.75) is 26.9 Å². The first-order valence-corrected chi connectivity index (χ1v) is 10.6. The molecule has 168 valence electrons. The largest absolute Gasteiger partial charge is 0.367 e. The first-order valence-electron chi connectivity index (χ1n) is 10.6. The summed E-state index contributed by atoms with van der Waals surface area (Å²) in [4.78, 5) is 28.1. The molecule has 1 aliphatic heterocycles. The van der Waals surface area contributed by atoms with Gasteiger partial charge in [0.1, 0.15) is 17.2 Å². The molecule has 0 unspecified atom stereocenters. The summed E-state index contributed by atoms with van der Waals surface area (Å²) < 4.78 is 0. The van der Waals surface area contributed by atoms with E-state index in [2.05, 4.69) is 10.6 Å². The molecule has 1 aliphatic rings. The van der Waals surface area contributed by atoms with Crippen LogP contribution in [0.2, 0.25) is 0 Å². The molecule has 0 spiro atoms. The van der Waals surface area contributed by atoms with Crippen LogP contribution in [0.4, 0.5) is 10.5 Å². The maximum Gasteiger partial charge on any atom is 0.332 e. The van der Waals surface area contributed by atoms with Crippen LogP contribution in [0.15, 0.2) is 66.0 Å². The molecule has 1 heterocycles. The van der Waals surface area contributed by atoms with Gasteiger partial charge in [0.05, 0.1) is 0 Å². The molecule has 0 aromatic heterocycles. The highest BCUT2D eigenvalue weighted by Gasteiger charge is 2.39. The van der Waals surface area contributed by atoms with Crippen molar-refractivity contribution in [1.29, 1.82) is 5.41 Å². The topological polar surface area (TPSA) is 115 Å². The van der Waals surface area contributed by atoms with Crippen molar-refractivity contribution < 1.29 is 9.59 Å². The highest BCUT2D eigenvalue weighted by Crippen LogP contribution is 2.22. The number of carbonyl (C=O) groups is 2.